The van der Waals surface area contributed by atoms with Gasteiger partial charge in [0.05, 0.1) is 20.3 Å². The lowest BCUT2D eigenvalue weighted by atomic mass is 10.1. The molecule has 0 spiro atoms. The Labute approximate surface area is 145 Å². The molecule has 6 heteroatoms. The number of aryl methyl sites for hydroxylation is 1. The molecule has 1 fully saturated rings. The van der Waals surface area contributed by atoms with Gasteiger partial charge in [0, 0.05) is 26.2 Å². The number of morpholine rings is 1. The van der Waals surface area contributed by atoms with E-state index in [1.807, 2.05) is 12.1 Å². The van der Waals surface area contributed by atoms with E-state index in [-0.39, 0.29) is 0 Å². The van der Waals surface area contributed by atoms with Gasteiger partial charge >= 0.3 is 0 Å². The van der Waals surface area contributed by atoms with Crippen LogP contribution in [0.1, 0.15) is 18.4 Å². The normalized spacial score (nSPS) is 16.1. The predicted octanol–water partition coefficient (Wildman–Crippen LogP) is 1.25. The summed E-state index contributed by atoms with van der Waals surface area (Å²) >= 11 is 0. The van der Waals surface area contributed by atoms with Gasteiger partial charge in [0.25, 0.3) is 0 Å². The third kappa shape index (κ3) is 7.19. The van der Waals surface area contributed by atoms with Gasteiger partial charge < -0.3 is 20.5 Å². The Morgan fingerprint density at radius 1 is 1.25 bits per heavy atom. The monoisotopic (exact) mass is 334 g/mol. The Hall–Kier alpha value is -1.79. The molecule has 1 aliphatic rings. The fourth-order valence-electron chi connectivity index (χ4n) is 2.67. The van der Waals surface area contributed by atoms with Crippen molar-refractivity contribution in [3.05, 3.63) is 29.8 Å². The number of guanidine groups is 1. The molecule has 1 aliphatic heterocycles. The summed E-state index contributed by atoms with van der Waals surface area (Å²) in [5, 5.41) is 3.19. The molecular weight excluding hydrogens is 304 g/mol. The Morgan fingerprint density at radius 3 is 2.71 bits per heavy atom. The minimum Gasteiger partial charge on any atom is -0.497 e. The van der Waals surface area contributed by atoms with E-state index in [0.717, 1.165) is 70.9 Å². The number of methoxy groups -OCH3 is 1. The second-order valence-electron chi connectivity index (χ2n) is 5.95. The zero-order chi connectivity index (χ0) is 17.0. The molecule has 1 saturated heterocycles. The molecule has 3 N–H and O–H groups in total. The molecule has 0 amide bonds. The molecule has 0 radical (unpaired) electrons. The molecule has 0 aromatic heterocycles. The average Bonchev–Trinajstić information content (AvgIpc) is 2.64. The molecule has 0 atom stereocenters. The zero-order valence-electron chi connectivity index (χ0n) is 14.7. The van der Waals surface area contributed by atoms with E-state index in [2.05, 4.69) is 27.3 Å². The standard InChI is InChI=1S/C18H30N4O2/c1-23-17-7-5-16(6-8-17)4-2-9-20-18(19)21-10-3-11-22-12-14-24-15-13-22/h5-8H,2-4,9-15H2,1H3,(H3,19,20,21). The highest BCUT2D eigenvalue weighted by molar-refractivity contribution is 5.77. The number of nitrogens with zero attached hydrogens (tertiary/aromatic N) is 2. The lowest BCUT2D eigenvalue weighted by Gasteiger charge is -2.26. The molecule has 24 heavy (non-hydrogen) atoms. The first-order valence-electron chi connectivity index (χ1n) is 8.75. The topological polar surface area (TPSA) is 72.1 Å². The molecule has 2 rings (SSSR count). The molecule has 0 unspecified atom stereocenters. The van der Waals surface area contributed by atoms with Crippen molar-refractivity contribution in [2.75, 3.05) is 53.0 Å². The summed E-state index contributed by atoms with van der Waals surface area (Å²) < 4.78 is 10.5. The lowest BCUT2D eigenvalue weighted by Crippen LogP contribution is -2.39. The third-order valence-electron chi connectivity index (χ3n) is 4.13. The van der Waals surface area contributed by atoms with Gasteiger partial charge in [0.15, 0.2) is 5.96 Å². The van der Waals surface area contributed by atoms with Gasteiger partial charge in [-0.05, 0) is 43.5 Å². The zero-order valence-corrected chi connectivity index (χ0v) is 14.7. The van der Waals surface area contributed by atoms with Gasteiger partial charge in [-0.15, -0.1) is 0 Å². The van der Waals surface area contributed by atoms with E-state index in [9.17, 15) is 0 Å². The van der Waals surface area contributed by atoms with E-state index in [1.54, 1.807) is 7.11 Å². The summed E-state index contributed by atoms with van der Waals surface area (Å²) in [6, 6.07) is 8.16. The Morgan fingerprint density at radius 2 is 2.00 bits per heavy atom. The molecule has 1 aromatic rings. The smallest absolute Gasteiger partial charge is 0.188 e. The Bertz CT molecular complexity index is 484. The maximum atomic E-state index is 5.90. The Balaban J connectivity index is 1.52. The van der Waals surface area contributed by atoms with Crippen LogP contribution in [0.2, 0.25) is 0 Å². The summed E-state index contributed by atoms with van der Waals surface area (Å²) in [5.74, 6) is 1.44. The second kappa shape index (κ2) is 10.9. The van der Waals surface area contributed by atoms with E-state index in [1.165, 1.54) is 5.56 Å². The molecule has 134 valence electrons. The molecule has 1 aromatic carbocycles. The molecular formula is C18H30N4O2. The highest BCUT2D eigenvalue weighted by Gasteiger charge is 2.08. The number of benzene rings is 1. The van der Waals surface area contributed by atoms with Crippen LogP contribution in [0, 0.1) is 0 Å². The van der Waals surface area contributed by atoms with Crippen LogP contribution in [0.15, 0.2) is 29.3 Å². The van der Waals surface area contributed by atoms with Gasteiger partial charge in [0.1, 0.15) is 5.75 Å². The number of rotatable bonds is 9. The maximum absolute atomic E-state index is 5.90. The van der Waals surface area contributed by atoms with Crippen molar-refractivity contribution in [3.63, 3.8) is 0 Å². The number of nitrogens with two attached hydrogens (primary N) is 1. The molecule has 1 heterocycles. The lowest BCUT2D eigenvalue weighted by molar-refractivity contribution is 0.0376. The fourth-order valence-corrected chi connectivity index (χ4v) is 2.67. The van der Waals surface area contributed by atoms with Gasteiger partial charge in [-0.2, -0.15) is 0 Å². The number of aliphatic imine (C=N–C) groups is 1. The van der Waals surface area contributed by atoms with Crippen molar-refractivity contribution in [2.45, 2.75) is 19.3 Å². The second-order valence-corrected chi connectivity index (χ2v) is 5.95. The summed E-state index contributed by atoms with van der Waals surface area (Å²) in [4.78, 5) is 6.81. The van der Waals surface area contributed by atoms with Gasteiger partial charge in [0.2, 0.25) is 0 Å². The van der Waals surface area contributed by atoms with Crippen molar-refractivity contribution in [3.8, 4) is 5.75 Å². The first-order chi connectivity index (χ1) is 11.8. The van der Waals surface area contributed by atoms with Crippen molar-refractivity contribution >= 4 is 5.96 Å². The van der Waals surface area contributed by atoms with Crippen molar-refractivity contribution in [1.82, 2.24) is 10.2 Å². The highest BCUT2D eigenvalue weighted by atomic mass is 16.5. The minimum absolute atomic E-state index is 0.548. The van der Waals surface area contributed by atoms with Crippen LogP contribution in [-0.2, 0) is 11.2 Å². The third-order valence-corrected chi connectivity index (χ3v) is 4.13. The summed E-state index contributed by atoms with van der Waals surface area (Å²) in [5.41, 5.74) is 7.19. The van der Waals surface area contributed by atoms with Crippen molar-refractivity contribution < 1.29 is 9.47 Å². The summed E-state index contributed by atoms with van der Waals surface area (Å²) in [7, 11) is 1.68. The molecule has 6 nitrogen and oxygen atoms in total. The van der Waals surface area contributed by atoms with Crippen molar-refractivity contribution in [2.24, 2.45) is 10.7 Å². The van der Waals surface area contributed by atoms with Gasteiger partial charge in [-0.25, -0.2) is 0 Å². The van der Waals surface area contributed by atoms with Gasteiger partial charge in [-0.1, -0.05) is 12.1 Å². The largest absolute Gasteiger partial charge is 0.497 e. The van der Waals surface area contributed by atoms with E-state index in [0.29, 0.717) is 5.96 Å². The minimum atomic E-state index is 0.548. The quantitative estimate of drug-likeness (QED) is 0.404. The predicted molar refractivity (Wildman–Crippen MR) is 97.7 cm³/mol. The van der Waals surface area contributed by atoms with Crippen LogP contribution < -0.4 is 15.8 Å². The van der Waals surface area contributed by atoms with Crippen LogP contribution >= 0.6 is 0 Å². The number of ether oxygens (including phenoxy) is 2. The first-order valence-corrected chi connectivity index (χ1v) is 8.75. The number of nitrogens with one attached hydrogen (secondary N) is 1. The molecule has 0 bridgehead atoms. The number of hydrogen-bond donors (Lipinski definition) is 2. The van der Waals surface area contributed by atoms with Crippen LogP contribution in [0.3, 0.4) is 0 Å². The summed E-state index contributed by atoms with van der Waals surface area (Å²) in [6.45, 7) is 6.47. The van der Waals surface area contributed by atoms with Gasteiger partial charge in [-0.3, -0.25) is 9.89 Å². The van der Waals surface area contributed by atoms with E-state index in [4.69, 9.17) is 15.2 Å². The Kier molecular flexibility index (Phi) is 8.41. The van der Waals surface area contributed by atoms with Crippen LogP contribution in [-0.4, -0.2) is 63.9 Å². The highest BCUT2D eigenvalue weighted by Crippen LogP contribution is 2.12. The SMILES string of the molecule is COc1ccc(CCCN=C(N)NCCCN2CCOCC2)cc1. The summed E-state index contributed by atoms with van der Waals surface area (Å²) in [6.07, 6.45) is 3.06. The first kappa shape index (κ1) is 18.5. The maximum Gasteiger partial charge on any atom is 0.188 e. The van der Waals surface area contributed by atoms with Crippen LogP contribution in [0.5, 0.6) is 5.75 Å². The number of hydrogen-bond acceptors (Lipinski definition) is 4. The molecule has 0 aliphatic carbocycles. The van der Waals surface area contributed by atoms with Crippen molar-refractivity contribution in [1.29, 1.82) is 0 Å². The van der Waals surface area contributed by atoms with E-state index < -0.39 is 0 Å². The average molecular weight is 334 g/mol. The fraction of sp³-hybridized carbons (Fsp3) is 0.611. The van der Waals surface area contributed by atoms with E-state index >= 15 is 0 Å². The van der Waals surface area contributed by atoms with Crippen LogP contribution in [0.4, 0.5) is 0 Å². The molecule has 0 saturated carbocycles. The van der Waals surface area contributed by atoms with Crippen LogP contribution in [0.25, 0.3) is 0 Å².